The molecular formula is C17H14Cl2N2O3. The van der Waals surface area contributed by atoms with Crippen molar-refractivity contribution in [1.29, 1.82) is 0 Å². The molecule has 0 fully saturated rings. The van der Waals surface area contributed by atoms with E-state index in [1.54, 1.807) is 13.1 Å². The first-order chi connectivity index (χ1) is 11.5. The molecule has 0 saturated heterocycles. The van der Waals surface area contributed by atoms with E-state index in [4.69, 9.17) is 23.2 Å². The molecule has 0 amide bonds. The number of hydrogen-bond acceptors (Lipinski definition) is 5. The van der Waals surface area contributed by atoms with Gasteiger partial charge in [-0.25, -0.2) is 0 Å². The average Bonchev–Trinajstić information content (AvgIpc) is 2.56. The summed E-state index contributed by atoms with van der Waals surface area (Å²) >= 11 is 12.2. The Kier molecular flexibility index (Phi) is 4.49. The molecule has 0 aromatic heterocycles. The highest BCUT2D eigenvalue weighted by molar-refractivity contribution is 6.44. The van der Waals surface area contributed by atoms with E-state index in [0.29, 0.717) is 18.8 Å². The van der Waals surface area contributed by atoms with Gasteiger partial charge in [-0.3, -0.25) is 9.59 Å². The summed E-state index contributed by atoms with van der Waals surface area (Å²) < 4.78 is 0. The van der Waals surface area contributed by atoms with Crippen LogP contribution in [0.1, 0.15) is 31.8 Å². The number of carbonyl (C=O) groups excluding carboxylic acids is 2. The molecule has 0 radical (unpaired) electrons. The highest BCUT2D eigenvalue weighted by Gasteiger charge is 2.37. The average molecular weight is 365 g/mol. The molecule has 5 nitrogen and oxygen atoms in total. The van der Waals surface area contributed by atoms with Gasteiger partial charge in [-0.15, -0.1) is 0 Å². The lowest BCUT2D eigenvalue weighted by Crippen LogP contribution is -2.25. The molecular weight excluding hydrogens is 351 g/mol. The molecule has 0 heterocycles. The Morgan fingerprint density at radius 3 is 2.04 bits per heavy atom. The van der Waals surface area contributed by atoms with Gasteiger partial charge < -0.3 is 15.7 Å². The summed E-state index contributed by atoms with van der Waals surface area (Å²) in [5.74, 6) is -1.21. The second-order valence-corrected chi connectivity index (χ2v) is 6.16. The van der Waals surface area contributed by atoms with E-state index in [0.717, 1.165) is 0 Å². The van der Waals surface area contributed by atoms with Crippen molar-refractivity contribution in [3.63, 3.8) is 0 Å². The van der Waals surface area contributed by atoms with Crippen molar-refractivity contribution < 1.29 is 14.7 Å². The molecule has 1 aliphatic carbocycles. The summed E-state index contributed by atoms with van der Waals surface area (Å²) in [5, 5.41) is 16.5. The minimum Gasteiger partial charge on any atom is -0.507 e. The van der Waals surface area contributed by atoms with Crippen LogP contribution in [-0.2, 0) is 0 Å². The first-order valence-corrected chi connectivity index (χ1v) is 8.04. The second kappa shape index (κ2) is 6.43. The molecule has 3 rings (SSSR count). The zero-order chi connectivity index (χ0) is 17.4. The Bertz CT molecular complexity index is 865. The normalized spacial score (nSPS) is 12.8. The molecule has 0 bridgehead atoms. The molecule has 2 aromatic rings. The van der Waals surface area contributed by atoms with Gasteiger partial charge in [-0.05, 0) is 31.3 Å². The SMILES string of the molecule is CNCCNc1ccc(O)c2c1C(=O)c1c(Cl)ccc(Cl)c1C2=O. The van der Waals surface area contributed by atoms with Gasteiger partial charge in [0.05, 0.1) is 32.3 Å². The number of likely N-dealkylation sites (N-methyl/N-ethyl adjacent to an activating group) is 1. The summed E-state index contributed by atoms with van der Waals surface area (Å²) in [4.78, 5) is 25.8. The standard InChI is InChI=1S/C17H14Cl2N2O3/c1-20-6-7-21-10-4-5-11(22)15-14(10)16(23)12-8(18)2-3-9(19)13(12)17(15)24/h2-5,20-22H,6-7H2,1H3. The zero-order valence-corrected chi connectivity index (χ0v) is 14.3. The Morgan fingerprint density at radius 1 is 0.875 bits per heavy atom. The fraction of sp³-hybridized carbons (Fsp3) is 0.176. The van der Waals surface area contributed by atoms with Crippen LogP contribution in [0.25, 0.3) is 0 Å². The number of benzene rings is 2. The number of nitrogens with one attached hydrogen (secondary N) is 2. The fourth-order valence-electron chi connectivity index (χ4n) is 2.77. The Hall–Kier alpha value is -2.08. The number of fused-ring (bicyclic) bond motifs is 2. The Balaban J connectivity index is 2.22. The predicted octanol–water partition coefficient (Wildman–Crippen LogP) is 3.11. The number of aromatic hydroxyl groups is 1. The molecule has 124 valence electrons. The molecule has 0 unspecified atom stereocenters. The van der Waals surface area contributed by atoms with E-state index < -0.39 is 11.6 Å². The van der Waals surface area contributed by atoms with Gasteiger partial charge in [0.1, 0.15) is 5.75 Å². The van der Waals surface area contributed by atoms with E-state index in [2.05, 4.69) is 10.6 Å². The lowest BCUT2D eigenvalue weighted by molar-refractivity contribution is 0.0977. The van der Waals surface area contributed by atoms with Crippen molar-refractivity contribution in [2.45, 2.75) is 0 Å². The van der Waals surface area contributed by atoms with Crippen LogP contribution in [0.3, 0.4) is 0 Å². The maximum absolute atomic E-state index is 13.0. The number of ketones is 2. The van der Waals surface area contributed by atoms with Crippen molar-refractivity contribution in [3.05, 3.63) is 56.6 Å². The van der Waals surface area contributed by atoms with Crippen molar-refractivity contribution >= 4 is 40.5 Å². The van der Waals surface area contributed by atoms with E-state index in [9.17, 15) is 14.7 Å². The van der Waals surface area contributed by atoms with E-state index in [1.165, 1.54) is 18.2 Å². The highest BCUT2D eigenvalue weighted by atomic mass is 35.5. The molecule has 2 aromatic carbocycles. The smallest absolute Gasteiger partial charge is 0.199 e. The van der Waals surface area contributed by atoms with Crippen LogP contribution in [0, 0.1) is 0 Å². The number of anilines is 1. The maximum Gasteiger partial charge on any atom is 0.199 e. The fourth-order valence-corrected chi connectivity index (χ4v) is 3.26. The van der Waals surface area contributed by atoms with Crippen LogP contribution in [0.4, 0.5) is 5.69 Å². The molecule has 0 atom stereocenters. The van der Waals surface area contributed by atoms with Gasteiger partial charge in [-0.1, -0.05) is 23.2 Å². The molecule has 24 heavy (non-hydrogen) atoms. The number of hydrogen-bond donors (Lipinski definition) is 3. The van der Waals surface area contributed by atoms with Crippen LogP contribution < -0.4 is 10.6 Å². The van der Waals surface area contributed by atoms with E-state index >= 15 is 0 Å². The number of carbonyl (C=O) groups is 2. The number of halogens is 2. The van der Waals surface area contributed by atoms with Gasteiger partial charge in [-0.2, -0.15) is 0 Å². The summed E-state index contributed by atoms with van der Waals surface area (Å²) in [5.41, 5.74) is 0.644. The largest absolute Gasteiger partial charge is 0.507 e. The summed E-state index contributed by atoms with van der Waals surface area (Å²) in [6.07, 6.45) is 0. The van der Waals surface area contributed by atoms with Crippen LogP contribution in [0.5, 0.6) is 5.75 Å². The minimum absolute atomic E-state index is 0.0318. The molecule has 0 saturated carbocycles. The topological polar surface area (TPSA) is 78.4 Å². The summed E-state index contributed by atoms with van der Waals surface area (Å²) in [6, 6.07) is 5.90. The third-order valence-corrected chi connectivity index (χ3v) is 4.52. The van der Waals surface area contributed by atoms with Crippen LogP contribution in [0.2, 0.25) is 10.0 Å². The van der Waals surface area contributed by atoms with Gasteiger partial charge >= 0.3 is 0 Å². The predicted molar refractivity (Wildman–Crippen MR) is 93.9 cm³/mol. The number of rotatable bonds is 4. The van der Waals surface area contributed by atoms with E-state index in [-0.39, 0.29) is 38.0 Å². The van der Waals surface area contributed by atoms with Crippen LogP contribution >= 0.6 is 23.2 Å². The molecule has 0 spiro atoms. The molecule has 7 heteroatoms. The van der Waals surface area contributed by atoms with Gasteiger partial charge in [0.15, 0.2) is 11.6 Å². The Labute approximate surface area is 148 Å². The van der Waals surface area contributed by atoms with Crippen molar-refractivity contribution in [2.75, 3.05) is 25.5 Å². The highest BCUT2D eigenvalue weighted by Crippen LogP contribution is 2.41. The van der Waals surface area contributed by atoms with Crippen LogP contribution in [-0.4, -0.2) is 36.8 Å². The third kappa shape index (κ3) is 2.55. The summed E-state index contributed by atoms with van der Waals surface area (Å²) in [6.45, 7) is 1.21. The van der Waals surface area contributed by atoms with Crippen molar-refractivity contribution in [3.8, 4) is 5.75 Å². The van der Waals surface area contributed by atoms with Crippen molar-refractivity contribution in [1.82, 2.24) is 5.32 Å². The quantitative estimate of drug-likeness (QED) is 0.489. The first kappa shape index (κ1) is 16.8. The molecule has 3 N–H and O–H groups in total. The maximum atomic E-state index is 13.0. The van der Waals surface area contributed by atoms with Gasteiger partial charge in [0.25, 0.3) is 0 Å². The third-order valence-electron chi connectivity index (χ3n) is 3.89. The molecule has 0 aliphatic heterocycles. The van der Waals surface area contributed by atoms with Crippen LogP contribution in [0.15, 0.2) is 24.3 Å². The first-order valence-electron chi connectivity index (χ1n) is 7.29. The van der Waals surface area contributed by atoms with E-state index in [1.807, 2.05) is 0 Å². The minimum atomic E-state index is -0.512. The van der Waals surface area contributed by atoms with Gasteiger partial charge in [0, 0.05) is 18.8 Å². The Morgan fingerprint density at radius 2 is 1.46 bits per heavy atom. The lowest BCUT2D eigenvalue weighted by atomic mass is 9.82. The second-order valence-electron chi connectivity index (χ2n) is 5.35. The number of phenols is 1. The molecule has 1 aliphatic rings. The monoisotopic (exact) mass is 364 g/mol. The van der Waals surface area contributed by atoms with Gasteiger partial charge in [0.2, 0.25) is 0 Å². The zero-order valence-electron chi connectivity index (χ0n) is 12.7. The lowest BCUT2D eigenvalue weighted by Gasteiger charge is -2.23. The van der Waals surface area contributed by atoms with Crippen molar-refractivity contribution in [2.24, 2.45) is 0 Å². The summed E-state index contributed by atoms with van der Waals surface area (Å²) in [7, 11) is 1.81. The number of phenolic OH excluding ortho intramolecular Hbond substituents is 1.